The third-order valence-corrected chi connectivity index (χ3v) is 13.3. The average molecular weight is 869 g/mol. The van der Waals surface area contributed by atoms with Gasteiger partial charge in [-0.1, -0.05) is 194 Å². The molecule has 5 heterocycles. The maximum Gasteiger partial charge on any atom is 0.157 e. The van der Waals surface area contributed by atoms with Crippen molar-refractivity contribution in [2.45, 2.75) is 0 Å². The van der Waals surface area contributed by atoms with Crippen molar-refractivity contribution in [2.75, 3.05) is 0 Å². The summed E-state index contributed by atoms with van der Waals surface area (Å²) < 4.78 is 4.56. The van der Waals surface area contributed by atoms with E-state index < -0.39 is 0 Å². The highest BCUT2D eigenvalue weighted by molar-refractivity contribution is 6.21. The van der Waals surface area contributed by atoms with Crippen LogP contribution in [0, 0.1) is 0 Å². The monoisotopic (exact) mass is 868 g/mol. The van der Waals surface area contributed by atoms with Crippen LogP contribution in [0.1, 0.15) is 0 Å². The Morgan fingerprint density at radius 2 is 0.529 bits per heavy atom. The van der Waals surface area contributed by atoms with Gasteiger partial charge in [0.2, 0.25) is 0 Å². The molecule has 0 N–H and O–H groups in total. The van der Waals surface area contributed by atoms with Crippen LogP contribution in [0.3, 0.4) is 0 Å². The standard InChI is InChI=1S/C60H36N8/c1-5-17-37(18-6-1)41-25-13-29-45-46-30-14-26-42(38-19-7-2-8-20-38)58(46)67(57(41)45)49-35-63-53-51-52(62-34-33-61-51)55-54(56(53)66-49)64-36-50(65-55)68-59-43(39-21-9-3-10-22-39)27-15-31-47(59)48-32-16-28-44(60(48)68)40-23-11-4-12-24-40/h1-36H. The van der Waals surface area contributed by atoms with Crippen LogP contribution in [0.5, 0.6) is 0 Å². The molecule has 0 spiro atoms. The summed E-state index contributed by atoms with van der Waals surface area (Å²) in [5.41, 5.74) is 16.6. The van der Waals surface area contributed by atoms with Crippen molar-refractivity contribution in [3.8, 4) is 56.1 Å². The Labute approximate surface area is 389 Å². The summed E-state index contributed by atoms with van der Waals surface area (Å²) in [7, 11) is 0. The molecule has 14 aromatic rings. The summed E-state index contributed by atoms with van der Waals surface area (Å²) in [6.45, 7) is 0. The van der Waals surface area contributed by atoms with E-state index in [2.05, 4.69) is 203 Å². The molecule has 9 aromatic carbocycles. The zero-order valence-corrected chi connectivity index (χ0v) is 36.4. The molecule has 0 aliphatic rings. The molecule has 5 aromatic heterocycles. The van der Waals surface area contributed by atoms with E-state index in [0.717, 1.165) is 88.1 Å². The van der Waals surface area contributed by atoms with Gasteiger partial charge in [0.25, 0.3) is 0 Å². The van der Waals surface area contributed by atoms with Crippen LogP contribution in [0.4, 0.5) is 0 Å². The van der Waals surface area contributed by atoms with Crippen LogP contribution in [0.15, 0.2) is 219 Å². The molecule has 0 saturated heterocycles. The number of hydrogen-bond donors (Lipinski definition) is 0. The number of aromatic nitrogens is 8. The van der Waals surface area contributed by atoms with E-state index in [-0.39, 0.29) is 0 Å². The van der Waals surface area contributed by atoms with Crippen molar-refractivity contribution in [1.29, 1.82) is 0 Å². The number of benzene rings is 9. The van der Waals surface area contributed by atoms with Crippen molar-refractivity contribution < 1.29 is 0 Å². The van der Waals surface area contributed by atoms with Gasteiger partial charge in [-0.25, -0.2) is 19.9 Å². The number of hydrogen-bond acceptors (Lipinski definition) is 6. The van der Waals surface area contributed by atoms with E-state index in [4.69, 9.17) is 29.9 Å². The summed E-state index contributed by atoms with van der Waals surface area (Å²) >= 11 is 0. The second-order valence-corrected chi connectivity index (χ2v) is 17.0. The fourth-order valence-corrected chi connectivity index (χ4v) is 10.4. The predicted molar refractivity (Wildman–Crippen MR) is 276 cm³/mol. The van der Waals surface area contributed by atoms with Gasteiger partial charge in [-0.05, 0) is 22.3 Å². The van der Waals surface area contributed by atoms with Gasteiger partial charge in [0, 0.05) is 56.2 Å². The van der Waals surface area contributed by atoms with E-state index >= 15 is 0 Å². The van der Waals surface area contributed by atoms with Gasteiger partial charge in [-0.2, -0.15) is 0 Å². The van der Waals surface area contributed by atoms with Crippen LogP contribution in [0.2, 0.25) is 0 Å². The van der Waals surface area contributed by atoms with Crippen LogP contribution in [-0.4, -0.2) is 39.0 Å². The highest BCUT2D eigenvalue weighted by Gasteiger charge is 2.25. The first-order chi connectivity index (χ1) is 33.8. The van der Waals surface area contributed by atoms with Gasteiger partial charge in [-0.15, -0.1) is 0 Å². The molecular weight excluding hydrogens is 833 g/mol. The Kier molecular flexibility index (Phi) is 8.41. The molecule has 0 aliphatic carbocycles. The zero-order chi connectivity index (χ0) is 44.7. The molecule has 0 radical (unpaired) electrons. The first kappa shape index (κ1) is 37.9. The Balaban J connectivity index is 1.09. The Morgan fingerprint density at radius 1 is 0.250 bits per heavy atom. The summed E-state index contributed by atoms with van der Waals surface area (Å²) in [5.74, 6) is 1.31. The maximum absolute atomic E-state index is 5.59. The Morgan fingerprint density at radius 3 is 0.853 bits per heavy atom. The SMILES string of the molecule is c1ccc(-c2cccc3c4cccc(-c5ccccc5)c4n(-c4cnc5c6nccnc6c6nc(-n7c8c(-c9ccccc9)cccc8c8cccc(-c9ccccc9)c87)cnc6c5n4)c23)cc1. The second-order valence-electron chi connectivity index (χ2n) is 17.0. The summed E-state index contributed by atoms with van der Waals surface area (Å²) in [6.07, 6.45) is 7.15. The molecule has 0 aliphatic heterocycles. The van der Waals surface area contributed by atoms with Crippen molar-refractivity contribution in [3.63, 3.8) is 0 Å². The fourth-order valence-electron chi connectivity index (χ4n) is 10.4. The molecular formula is C60H36N8. The van der Waals surface area contributed by atoms with E-state index in [0.29, 0.717) is 44.7 Å². The predicted octanol–water partition coefficient (Wildman–Crippen LogP) is 14.4. The quantitative estimate of drug-likeness (QED) is 0.155. The minimum absolute atomic E-state index is 0.589. The van der Waals surface area contributed by atoms with Gasteiger partial charge in [0.05, 0.1) is 34.5 Å². The van der Waals surface area contributed by atoms with E-state index in [1.807, 2.05) is 12.4 Å². The van der Waals surface area contributed by atoms with Crippen molar-refractivity contribution >= 4 is 76.7 Å². The minimum Gasteiger partial charge on any atom is -0.291 e. The average Bonchev–Trinajstić information content (AvgIpc) is 3.95. The number of rotatable bonds is 6. The number of nitrogens with zero attached hydrogens (tertiary/aromatic N) is 8. The largest absolute Gasteiger partial charge is 0.291 e. The second kappa shape index (κ2) is 15.1. The molecule has 0 bridgehead atoms. The summed E-state index contributed by atoms with van der Waals surface area (Å²) in [6, 6.07) is 68.3. The van der Waals surface area contributed by atoms with Gasteiger partial charge >= 0.3 is 0 Å². The molecule has 0 atom stereocenters. The zero-order valence-electron chi connectivity index (χ0n) is 36.4. The highest BCUT2D eigenvalue weighted by Crippen LogP contribution is 2.44. The molecule has 68 heavy (non-hydrogen) atoms. The molecule has 0 saturated carbocycles. The minimum atomic E-state index is 0.589. The molecule has 316 valence electrons. The van der Waals surface area contributed by atoms with E-state index in [1.54, 1.807) is 12.4 Å². The maximum atomic E-state index is 5.59. The Hall–Kier alpha value is -9.40. The highest BCUT2D eigenvalue weighted by atomic mass is 15.1. The molecule has 0 unspecified atom stereocenters. The smallest absolute Gasteiger partial charge is 0.157 e. The van der Waals surface area contributed by atoms with Gasteiger partial charge in [0.15, 0.2) is 11.6 Å². The Bertz CT molecular complexity index is 3870. The summed E-state index contributed by atoms with van der Waals surface area (Å²) in [4.78, 5) is 31.6. The first-order valence-electron chi connectivity index (χ1n) is 22.7. The lowest BCUT2D eigenvalue weighted by molar-refractivity contribution is 1.07. The number of para-hydroxylation sites is 4. The van der Waals surface area contributed by atoms with Gasteiger partial charge in [0.1, 0.15) is 33.1 Å². The van der Waals surface area contributed by atoms with Crippen LogP contribution >= 0.6 is 0 Å². The van der Waals surface area contributed by atoms with Crippen molar-refractivity contribution in [1.82, 2.24) is 39.0 Å². The van der Waals surface area contributed by atoms with Crippen LogP contribution < -0.4 is 0 Å². The van der Waals surface area contributed by atoms with Crippen molar-refractivity contribution in [3.05, 3.63) is 219 Å². The van der Waals surface area contributed by atoms with E-state index in [1.165, 1.54) is 0 Å². The van der Waals surface area contributed by atoms with E-state index in [9.17, 15) is 0 Å². The third-order valence-electron chi connectivity index (χ3n) is 13.3. The lowest BCUT2D eigenvalue weighted by Gasteiger charge is -2.15. The van der Waals surface area contributed by atoms with Crippen LogP contribution in [-0.2, 0) is 0 Å². The number of fused-ring (bicyclic) bond motifs is 12. The molecule has 8 nitrogen and oxygen atoms in total. The van der Waals surface area contributed by atoms with Crippen molar-refractivity contribution in [2.24, 2.45) is 0 Å². The summed E-state index contributed by atoms with van der Waals surface area (Å²) in [5, 5.41) is 4.48. The normalized spacial score (nSPS) is 11.8. The molecule has 0 amide bonds. The first-order valence-corrected chi connectivity index (χ1v) is 22.7. The lowest BCUT2D eigenvalue weighted by Crippen LogP contribution is -2.05. The molecule has 8 heteroatoms. The van der Waals surface area contributed by atoms with Gasteiger partial charge in [-0.3, -0.25) is 19.1 Å². The molecule has 0 fully saturated rings. The molecule has 14 rings (SSSR count). The van der Waals surface area contributed by atoms with Crippen LogP contribution in [0.25, 0.3) is 133 Å². The topological polar surface area (TPSA) is 87.2 Å². The fraction of sp³-hybridized carbons (Fsp3) is 0. The van der Waals surface area contributed by atoms with Gasteiger partial charge < -0.3 is 0 Å². The third kappa shape index (κ3) is 5.67. The lowest BCUT2D eigenvalue weighted by atomic mass is 10.0.